The molecule has 1 aliphatic rings. The van der Waals surface area contributed by atoms with Crippen molar-refractivity contribution in [1.82, 2.24) is 4.90 Å². The van der Waals surface area contributed by atoms with E-state index in [9.17, 15) is 14.4 Å². The third-order valence-corrected chi connectivity index (χ3v) is 4.63. The highest BCUT2D eigenvalue weighted by molar-refractivity contribution is 6.22. The summed E-state index contributed by atoms with van der Waals surface area (Å²) in [7, 11) is 0. The molecule has 0 spiro atoms. The number of benzene rings is 2. The van der Waals surface area contributed by atoms with Gasteiger partial charge in [-0.25, -0.2) is 0 Å². The highest BCUT2D eigenvalue weighted by Gasteiger charge is 2.36. The molecule has 1 aliphatic heterocycles. The van der Waals surface area contributed by atoms with E-state index in [1.165, 1.54) is 0 Å². The molecule has 0 fully saturated rings. The Bertz CT molecular complexity index is 839. The lowest BCUT2D eigenvalue weighted by Crippen LogP contribution is -2.37. The summed E-state index contributed by atoms with van der Waals surface area (Å²) in [5.74, 6) is -1.28. The van der Waals surface area contributed by atoms with E-state index in [0.717, 1.165) is 17.1 Å². The molecule has 0 atom stereocenters. The highest BCUT2D eigenvalue weighted by atomic mass is 16.2. The molecule has 1 N–H and O–H groups in total. The van der Waals surface area contributed by atoms with E-state index < -0.39 is 17.7 Å². The number of hydrogen-bond acceptors (Lipinski definition) is 4. The Balaban J connectivity index is 1.65. The minimum atomic E-state index is -0.434. The summed E-state index contributed by atoms with van der Waals surface area (Å²) in [4.78, 5) is 40.2. The Morgan fingerprint density at radius 3 is 2.04 bits per heavy atom. The first-order valence-electron chi connectivity index (χ1n) is 9.04. The molecule has 3 amide bonds. The van der Waals surface area contributed by atoms with E-state index >= 15 is 0 Å². The van der Waals surface area contributed by atoms with E-state index in [2.05, 4.69) is 31.0 Å². The van der Waals surface area contributed by atoms with Crippen LogP contribution in [0.2, 0.25) is 0 Å². The third-order valence-electron chi connectivity index (χ3n) is 4.63. The maximum absolute atomic E-state index is 12.3. The first kappa shape index (κ1) is 18.6. The van der Waals surface area contributed by atoms with Gasteiger partial charge >= 0.3 is 0 Å². The number of nitrogens with zero attached hydrogens (tertiary/aromatic N) is 2. The topological polar surface area (TPSA) is 69.7 Å². The smallest absolute Gasteiger partial charge is 0.262 e. The molecule has 0 saturated heterocycles. The van der Waals surface area contributed by atoms with Crippen LogP contribution < -0.4 is 10.2 Å². The summed E-state index contributed by atoms with van der Waals surface area (Å²) in [5, 5.41) is 2.75. The van der Waals surface area contributed by atoms with Crippen molar-refractivity contribution in [1.29, 1.82) is 0 Å². The lowest BCUT2D eigenvalue weighted by molar-refractivity contribution is -0.116. The van der Waals surface area contributed by atoms with Gasteiger partial charge in [-0.2, -0.15) is 0 Å². The number of rotatable bonds is 6. The standard InChI is InChI=1S/C21H23N3O3/c1-4-23(14(2)3)16-11-9-15(10-12-16)22-19(25)13-24-20(26)17-7-5-6-8-18(17)21(24)27/h5-12,14H,4,13H2,1-3H3,(H,22,25). The van der Waals surface area contributed by atoms with E-state index in [1.807, 2.05) is 24.3 Å². The fourth-order valence-electron chi connectivity index (χ4n) is 3.31. The lowest BCUT2D eigenvalue weighted by atomic mass is 10.1. The normalized spacial score (nSPS) is 13.1. The molecule has 0 radical (unpaired) electrons. The SMILES string of the molecule is CCN(c1ccc(NC(=O)CN2C(=O)c3ccccc3C2=O)cc1)C(C)C. The molecule has 6 heteroatoms. The summed E-state index contributed by atoms with van der Waals surface area (Å²) in [6.07, 6.45) is 0. The predicted molar refractivity (Wildman–Crippen MR) is 105 cm³/mol. The molecule has 2 aromatic rings. The van der Waals surface area contributed by atoms with Crippen LogP contribution in [0.3, 0.4) is 0 Å². The Morgan fingerprint density at radius 1 is 1.00 bits per heavy atom. The average Bonchev–Trinajstić information content (AvgIpc) is 2.89. The fraction of sp³-hybridized carbons (Fsp3) is 0.286. The van der Waals surface area contributed by atoms with Gasteiger partial charge in [0.2, 0.25) is 5.91 Å². The van der Waals surface area contributed by atoms with Crippen LogP contribution in [0.15, 0.2) is 48.5 Å². The van der Waals surface area contributed by atoms with Gasteiger partial charge in [0.05, 0.1) is 11.1 Å². The number of carbonyl (C=O) groups is 3. The summed E-state index contributed by atoms with van der Waals surface area (Å²) < 4.78 is 0. The first-order chi connectivity index (χ1) is 12.9. The first-order valence-corrected chi connectivity index (χ1v) is 9.04. The molecule has 27 heavy (non-hydrogen) atoms. The van der Waals surface area contributed by atoms with Gasteiger partial charge in [0.25, 0.3) is 11.8 Å². The summed E-state index contributed by atoms with van der Waals surface area (Å²) in [5.41, 5.74) is 2.38. The molecule has 0 aromatic heterocycles. The second kappa shape index (κ2) is 7.61. The van der Waals surface area contributed by atoms with Crippen molar-refractivity contribution in [3.05, 3.63) is 59.7 Å². The van der Waals surface area contributed by atoms with Gasteiger partial charge in [-0.05, 0) is 57.2 Å². The van der Waals surface area contributed by atoms with Crippen molar-refractivity contribution in [3.8, 4) is 0 Å². The molecule has 1 heterocycles. The number of carbonyl (C=O) groups excluding carboxylic acids is 3. The number of imide groups is 1. The molecule has 2 aromatic carbocycles. The summed E-state index contributed by atoms with van der Waals surface area (Å²) in [6.45, 7) is 6.94. The van der Waals surface area contributed by atoms with Crippen LogP contribution in [0.1, 0.15) is 41.5 Å². The van der Waals surface area contributed by atoms with Crippen LogP contribution in [0.4, 0.5) is 11.4 Å². The van der Waals surface area contributed by atoms with Gasteiger partial charge < -0.3 is 10.2 Å². The van der Waals surface area contributed by atoms with Gasteiger partial charge in [-0.1, -0.05) is 12.1 Å². The van der Waals surface area contributed by atoms with Crippen LogP contribution in [-0.2, 0) is 4.79 Å². The van der Waals surface area contributed by atoms with Crippen LogP contribution in [0.5, 0.6) is 0 Å². The van der Waals surface area contributed by atoms with Crippen molar-refractivity contribution in [2.45, 2.75) is 26.8 Å². The molecular weight excluding hydrogens is 342 g/mol. The van der Waals surface area contributed by atoms with Gasteiger partial charge in [0, 0.05) is 24.0 Å². The van der Waals surface area contributed by atoms with E-state index in [-0.39, 0.29) is 6.54 Å². The number of amides is 3. The maximum Gasteiger partial charge on any atom is 0.262 e. The van der Waals surface area contributed by atoms with Crippen molar-refractivity contribution in [2.75, 3.05) is 23.3 Å². The molecule has 0 bridgehead atoms. The Morgan fingerprint density at radius 2 is 1.56 bits per heavy atom. The van der Waals surface area contributed by atoms with Crippen LogP contribution >= 0.6 is 0 Å². The number of hydrogen-bond donors (Lipinski definition) is 1. The second-order valence-corrected chi connectivity index (χ2v) is 6.72. The van der Waals surface area contributed by atoms with Gasteiger partial charge in [0.15, 0.2) is 0 Å². The molecular formula is C21H23N3O3. The zero-order chi connectivity index (χ0) is 19.6. The molecule has 0 unspecified atom stereocenters. The molecule has 6 nitrogen and oxygen atoms in total. The lowest BCUT2D eigenvalue weighted by Gasteiger charge is -2.27. The minimum Gasteiger partial charge on any atom is -0.369 e. The summed E-state index contributed by atoms with van der Waals surface area (Å²) >= 11 is 0. The molecule has 140 valence electrons. The number of fused-ring (bicyclic) bond motifs is 1. The van der Waals surface area contributed by atoms with Crippen molar-refractivity contribution in [2.24, 2.45) is 0 Å². The minimum absolute atomic E-state index is 0.304. The van der Waals surface area contributed by atoms with Crippen LogP contribution in [0, 0.1) is 0 Å². The van der Waals surface area contributed by atoms with Crippen molar-refractivity contribution in [3.63, 3.8) is 0 Å². The van der Waals surface area contributed by atoms with Gasteiger partial charge in [-0.15, -0.1) is 0 Å². The zero-order valence-electron chi connectivity index (χ0n) is 15.7. The van der Waals surface area contributed by atoms with Gasteiger partial charge in [-0.3, -0.25) is 19.3 Å². The molecule has 0 aliphatic carbocycles. The van der Waals surface area contributed by atoms with Gasteiger partial charge in [0.1, 0.15) is 6.54 Å². The number of nitrogens with one attached hydrogen (secondary N) is 1. The van der Waals surface area contributed by atoms with E-state index in [4.69, 9.17) is 0 Å². The quantitative estimate of drug-likeness (QED) is 0.799. The predicted octanol–water partition coefficient (Wildman–Crippen LogP) is 3.16. The zero-order valence-corrected chi connectivity index (χ0v) is 15.7. The average molecular weight is 365 g/mol. The highest BCUT2D eigenvalue weighted by Crippen LogP contribution is 2.23. The second-order valence-electron chi connectivity index (χ2n) is 6.72. The van der Waals surface area contributed by atoms with Crippen molar-refractivity contribution < 1.29 is 14.4 Å². The fourth-order valence-corrected chi connectivity index (χ4v) is 3.31. The maximum atomic E-state index is 12.3. The monoisotopic (exact) mass is 365 g/mol. The molecule has 0 saturated carbocycles. The Labute approximate surface area is 158 Å². The number of anilines is 2. The van der Waals surface area contributed by atoms with Crippen LogP contribution in [-0.4, -0.2) is 41.8 Å². The Hall–Kier alpha value is -3.15. The van der Waals surface area contributed by atoms with E-state index in [0.29, 0.717) is 22.9 Å². The van der Waals surface area contributed by atoms with E-state index in [1.54, 1.807) is 24.3 Å². The largest absolute Gasteiger partial charge is 0.369 e. The summed E-state index contributed by atoms with van der Waals surface area (Å²) in [6, 6.07) is 14.5. The third kappa shape index (κ3) is 3.69. The van der Waals surface area contributed by atoms with Crippen molar-refractivity contribution >= 4 is 29.1 Å². The Kier molecular flexibility index (Phi) is 5.26. The van der Waals surface area contributed by atoms with Crippen LogP contribution in [0.25, 0.3) is 0 Å². The molecule has 3 rings (SSSR count).